The Morgan fingerprint density at radius 1 is 1.00 bits per heavy atom. The Bertz CT molecular complexity index is 860. The van der Waals surface area contributed by atoms with Crippen molar-refractivity contribution in [3.05, 3.63) is 47.8 Å². The normalized spacial score (nSPS) is 29.8. The maximum Gasteiger partial charge on any atom is 0.243 e. The summed E-state index contributed by atoms with van der Waals surface area (Å²) in [5, 5.41) is 0. The number of hydrogen-bond donors (Lipinski definition) is 0. The molecule has 158 valence electrons. The lowest BCUT2D eigenvalue weighted by Crippen LogP contribution is -2.47. The smallest absolute Gasteiger partial charge is 0.243 e. The molecule has 0 N–H and O–H groups in total. The first-order chi connectivity index (χ1) is 14.5. The van der Waals surface area contributed by atoms with Crippen molar-refractivity contribution >= 4 is 17.7 Å². The van der Waals surface area contributed by atoms with Gasteiger partial charge in [0.25, 0.3) is 0 Å². The second kappa shape index (κ2) is 7.64. The molecule has 1 heterocycles. The number of fused-ring (bicyclic) bond motifs is 5. The molecule has 1 saturated heterocycles. The summed E-state index contributed by atoms with van der Waals surface area (Å²) in [7, 11) is 0. The largest absolute Gasteiger partial charge is 0.338 e. The summed E-state index contributed by atoms with van der Waals surface area (Å²) in [4.78, 5) is 42.2. The first-order valence-corrected chi connectivity index (χ1v) is 11.1. The van der Waals surface area contributed by atoms with Crippen LogP contribution in [0.4, 0.5) is 4.39 Å². The first-order valence-electron chi connectivity index (χ1n) is 11.1. The lowest BCUT2D eigenvalue weighted by atomic mass is 9.85. The van der Waals surface area contributed by atoms with E-state index >= 15 is 0 Å². The van der Waals surface area contributed by atoms with Gasteiger partial charge in [-0.05, 0) is 55.2 Å². The molecule has 3 fully saturated rings. The van der Waals surface area contributed by atoms with E-state index in [0.717, 1.165) is 37.7 Å². The van der Waals surface area contributed by atoms with Crippen molar-refractivity contribution < 1.29 is 18.8 Å². The van der Waals surface area contributed by atoms with Crippen molar-refractivity contribution in [2.45, 2.75) is 44.6 Å². The maximum atomic E-state index is 13.3. The number of benzene rings is 1. The van der Waals surface area contributed by atoms with Crippen LogP contribution in [0, 0.1) is 29.5 Å². The second-order valence-corrected chi connectivity index (χ2v) is 9.16. The summed E-state index contributed by atoms with van der Waals surface area (Å²) in [5.41, 5.74) is 0.970. The van der Waals surface area contributed by atoms with Crippen LogP contribution in [-0.2, 0) is 20.8 Å². The molecule has 2 saturated carbocycles. The SMILES string of the molecule is O=C1C2C3C=CC(C3)C2C(=O)N1CC(=O)N(CCc1ccc(F)cc1)C1CCCC1. The highest BCUT2D eigenvalue weighted by molar-refractivity contribution is 6.08. The van der Waals surface area contributed by atoms with Crippen molar-refractivity contribution in [1.82, 2.24) is 9.80 Å². The van der Waals surface area contributed by atoms with Gasteiger partial charge in [0.05, 0.1) is 11.8 Å². The molecule has 3 amide bonds. The van der Waals surface area contributed by atoms with Crippen LogP contribution in [0.25, 0.3) is 0 Å². The van der Waals surface area contributed by atoms with E-state index in [1.807, 2.05) is 4.90 Å². The van der Waals surface area contributed by atoms with Gasteiger partial charge in [0.2, 0.25) is 17.7 Å². The molecule has 1 aromatic carbocycles. The molecule has 3 aliphatic carbocycles. The number of rotatable bonds is 6. The van der Waals surface area contributed by atoms with Crippen LogP contribution in [-0.4, -0.2) is 46.7 Å². The van der Waals surface area contributed by atoms with Crippen molar-refractivity contribution in [1.29, 1.82) is 0 Å². The van der Waals surface area contributed by atoms with Gasteiger partial charge in [-0.15, -0.1) is 0 Å². The summed E-state index contributed by atoms with van der Waals surface area (Å²) in [5.74, 6) is -0.977. The number of amides is 3. The third-order valence-corrected chi connectivity index (χ3v) is 7.50. The van der Waals surface area contributed by atoms with Gasteiger partial charge in [0, 0.05) is 12.6 Å². The summed E-state index contributed by atoms with van der Waals surface area (Å²) in [6.45, 7) is 0.370. The Hall–Kier alpha value is -2.50. The lowest BCUT2D eigenvalue weighted by molar-refractivity contribution is -0.148. The van der Waals surface area contributed by atoms with E-state index in [9.17, 15) is 18.8 Å². The number of hydrogen-bond acceptors (Lipinski definition) is 3. The number of nitrogens with zero attached hydrogens (tertiary/aromatic N) is 2. The minimum Gasteiger partial charge on any atom is -0.338 e. The fourth-order valence-corrected chi connectivity index (χ4v) is 5.97. The maximum absolute atomic E-state index is 13.3. The van der Waals surface area contributed by atoms with Gasteiger partial charge in [-0.2, -0.15) is 0 Å². The Morgan fingerprint density at radius 3 is 2.20 bits per heavy atom. The molecule has 1 aliphatic heterocycles. The molecule has 2 bridgehead atoms. The summed E-state index contributed by atoms with van der Waals surface area (Å²) in [6, 6.07) is 6.50. The van der Waals surface area contributed by atoms with Crippen LogP contribution >= 0.6 is 0 Å². The molecule has 5 nitrogen and oxygen atoms in total. The Kier molecular flexibility index (Phi) is 4.95. The van der Waals surface area contributed by atoms with E-state index in [0.29, 0.717) is 13.0 Å². The van der Waals surface area contributed by atoms with Crippen molar-refractivity contribution in [2.24, 2.45) is 23.7 Å². The van der Waals surface area contributed by atoms with E-state index in [1.54, 1.807) is 12.1 Å². The highest BCUT2D eigenvalue weighted by Crippen LogP contribution is 2.52. The standard InChI is InChI=1S/C24H27FN2O3/c25-18-9-5-15(6-10-18)11-12-26(19-3-1-2-4-19)20(28)14-27-23(29)21-16-7-8-17(13-16)22(21)24(27)30/h5-10,16-17,19,21-22H,1-4,11-14H2. The molecule has 6 heteroatoms. The molecule has 4 aliphatic rings. The summed E-state index contributed by atoms with van der Waals surface area (Å²) in [6.07, 6.45) is 9.74. The highest BCUT2D eigenvalue weighted by atomic mass is 19.1. The predicted molar refractivity (Wildman–Crippen MR) is 109 cm³/mol. The average molecular weight is 410 g/mol. The van der Waals surface area contributed by atoms with Crippen LogP contribution in [0.1, 0.15) is 37.7 Å². The first kappa shape index (κ1) is 19.5. The van der Waals surface area contributed by atoms with Crippen LogP contribution in [0.15, 0.2) is 36.4 Å². The molecule has 0 spiro atoms. The number of carbonyl (C=O) groups excluding carboxylic acids is 3. The fraction of sp³-hybridized carbons (Fsp3) is 0.542. The monoisotopic (exact) mass is 410 g/mol. The molecule has 4 unspecified atom stereocenters. The molecule has 1 aromatic rings. The Balaban J connectivity index is 1.28. The van der Waals surface area contributed by atoms with E-state index in [2.05, 4.69) is 12.2 Å². The molecule has 4 atom stereocenters. The van der Waals surface area contributed by atoms with Gasteiger partial charge in [0.15, 0.2) is 0 Å². The van der Waals surface area contributed by atoms with Crippen molar-refractivity contribution in [3.8, 4) is 0 Å². The predicted octanol–water partition coefficient (Wildman–Crippen LogP) is 2.95. The van der Waals surface area contributed by atoms with Gasteiger partial charge >= 0.3 is 0 Å². The van der Waals surface area contributed by atoms with Gasteiger partial charge in [-0.1, -0.05) is 37.1 Å². The van der Waals surface area contributed by atoms with E-state index < -0.39 is 0 Å². The molecular formula is C24H27FN2O3. The number of imide groups is 1. The van der Waals surface area contributed by atoms with Crippen LogP contribution in [0.5, 0.6) is 0 Å². The molecule has 30 heavy (non-hydrogen) atoms. The Morgan fingerprint density at radius 2 is 1.60 bits per heavy atom. The van der Waals surface area contributed by atoms with Crippen LogP contribution in [0.3, 0.4) is 0 Å². The molecule has 5 rings (SSSR count). The number of carbonyl (C=O) groups is 3. The minimum absolute atomic E-state index is 0.147. The zero-order valence-electron chi connectivity index (χ0n) is 17.0. The Labute approximate surface area is 175 Å². The summed E-state index contributed by atoms with van der Waals surface area (Å²) < 4.78 is 13.2. The third-order valence-electron chi connectivity index (χ3n) is 7.50. The molecular weight excluding hydrogens is 383 g/mol. The molecule has 0 radical (unpaired) electrons. The highest BCUT2D eigenvalue weighted by Gasteiger charge is 2.59. The van der Waals surface area contributed by atoms with Crippen LogP contribution in [0.2, 0.25) is 0 Å². The van der Waals surface area contributed by atoms with Gasteiger partial charge in [-0.3, -0.25) is 19.3 Å². The van der Waals surface area contributed by atoms with E-state index in [4.69, 9.17) is 0 Å². The van der Waals surface area contributed by atoms with Crippen molar-refractivity contribution in [3.63, 3.8) is 0 Å². The fourth-order valence-electron chi connectivity index (χ4n) is 5.97. The van der Waals surface area contributed by atoms with Gasteiger partial charge < -0.3 is 4.90 Å². The van der Waals surface area contributed by atoms with Gasteiger partial charge in [-0.25, -0.2) is 4.39 Å². The zero-order valence-corrected chi connectivity index (χ0v) is 17.0. The zero-order chi connectivity index (χ0) is 20.8. The molecule has 0 aromatic heterocycles. The third kappa shape index (κ3) is 3.26. The topological polar surface area (TPSA) is 57.7 Å². The van der Waals surface area contributed by atoms with Gasteiger partial charge in [0.1, 0.15) is 12.4 Å². The lowest BCUT2D eigenvalue weighted by Gasteiger charge is -2.31. The number of likely N-dealkylation sites (tertiary alicyclic amines) is 1. The van der Waals surface area contributed by atoms with E-state index in [-0.39, 0.29) is 59.8 Å². The summed E-state index contributed by atoms with van der Waals surface area (Å²) >= 11 is 0. The van der Waals surface area contributed by atoms with Crippen LogP contribution < -0.4 is 0 Å². The number of halogens is 1. The second-order valence-electron chi connectivity index (χ2n) is 9.16. The average Bonchev–Trinajstić information content (AvgIpc) is 3.52. The minimum atomic E-state index is -0.275. The number of allylic oxidation sites excluding steroid dienone is 2. The van der Waals surface area contributed by atoms with E-state index in [1.165, 1.54) is 17.0 Å². The van der Waals surface area contributed by atoms with Crippen molar-refractivity contribution in [2.75, 3.05) is 13.1 Å². The quantitative estimate of drug-likeness (QED) is 0.535.